The van der Waals surface area contributed by atoms with E-state index in [4.69, 9.17) is 4.98 Å². The molecule has 0 saturated heterocycles. The summed E-state index contributed by atoms with van der Waals surface area (Å²) in [6.45, 7) is 24.6. The van der Waals surface area contributed by atoms with E-state index in [0.29, 0.717) is 0 Å². The third-order valence-electron chi connectivity index (χ3n) is 9.42. The number of aromatic nitrogens is 5. The van der Waals surface area contributed by atoms with Gasteiger partial charge >= 0.3 is 17.2 Å². The maximum atomic E-state index is 5.40. The summed E-state index contributed by atoms with van der Waals surface area (Å²) in [5.41, 5.74) is 19.2. The average molecular weight is 470 g/mol. The third-order valence-corrected chi connectivity index (χ3v) is 9.42. The molecule has 0 spiro atoms. The van der Waals surface area contributed by atoms with Gasteiger partial charge < -0.3 is 0 Å². The van der Waals surface area contributed by atoms with Gasteiger partial charge in [-0.1, -0.05) is 0 Å². The summed E-state index contributed by atoms with van der Waals surface area (Å²) >= 11 is 0. The lowest BCUT2D eigenvalue weighted by molar-refractivity contribution is -0.766. The maximum Gasteiger partial charge on any atom is 0.457 e. The van der Waals surface area contributed by atoms with E-state index in [1.165, 1.54) is 84.0 Å². The summed E-state index contributed by atoms with van der Waals surface area (Å²) in [6, 6.07) is 0. The van der Waals surface area contributed by atoms with E-state index in [0.717, 1.165) is 11.3 Å². The number of benzene rings is 1. The van der Waals surface area contributed by atoms with Crippen molar-refractivity contribution in [2.45, 2.75) is 76.2 Å². The van der Waals surface area contributed by atoms with E-state index in [-0.39, 0.29) is 0 Å². The molecule has 0 aliphatic heterocycles. The Hall–Kier alpha value is -3.21. The Balaban J connectivity index is 2.21. The lowest BCUT2D eigenvalue weighted by atomic mass is 9.97. The molecular weight excluding hydrogens is 430 g/mol. The molecule has 5 heteroatoms. The molecule has 0 radical (unpaired) electrons. The van der Waals surface area contributed by atoms with Gasteiger partial charge in [-0.3, -0.25) is 4.57 Å². The molecule has 0 saturated carbocycles. The van der Waals surface area contributed by atoms with E-state index in [1.54, 1.807) is 0 Å². The van der Waals surface area contributed by atoms with Gasteiger partial charge in [0.1, 0.15) is 12.6 Å². The van der Waals surface area contributed by atoms with Crippen molar-refractivity contribution in [1.82, 2.24) is 14.0 Å². The van der Waals surface area contributed by atoms with Crippen LogP contribution in [0.3, 0.4) is 0 Å². The normalized spacial score (nSPS) is 12.1. The quantitative estimate of drug-likeness (QED) is 0.299. The Morgan fingerprint density at radius 2 is 1.14 bits per heavy atom. The average Bonchev–Trinajstić information content (AvgIpc) is 3.37. The largest absolute Gasteiger partial charge is 0.457 e. The van der Waals surface area contributed by atoms with Crippen molar-refractivity contribution in [3.05, 3.63) is 61.5 Å². The van der Waals surface area contributed by atoms with Crippen LogP contribution in [0.15, 0.2) is 0 Å². The number of imidazole rings is 2. The van der Waals surface area contributed by atoms with Crippen LogP contribution < -0.4 is 9.13 Å². The molecule has 0 fully saturated rings. The van der Waals surface area contributed by atoms with Gasteiger partial charge in [-0.25, -0.2) is 4.40 Å². The number of hydrogen-bond donors (Lipinski definition) is 0. The highest BCUT2D eigenvalue weighted by molar-refractivity contribution is 5.93. The minimum atomic E-state index is 0.983. The molecule has 0 aliphatic rings. The number of aryl methyl sites for hydroxylation is 4. The molecule has 5 nitrogen and oxygen atoms in total. The van der Waals surface area contributed by atoms with Crippen molar-refractivity contribution >= 4 is 28.0 Å². The zero-order valence-corrected chi connectivity index (χ0v) is 23.7. The molecule has 0 bridgehead atoms. The monoisotopic (exact) mass is 469 g/mol. The number of nitrogens with zero attached hydrogens (tertiary/aromatic N) is 5. The molecule has 5 aromatic rings. The first-order valence-electron chi connectivity index (χ1n) is 12.6. The van der Waals surface area contributed by atoms with Crippen LogP contribution in [0.1, 0.15) is 61.5 Å². The van der Waals surface area contributed by atoms with E-state index in [2.05, 4.69) is 108 Å². The highest BCUT2D eigenvalue weighted by Crippen LogP contribution is 2.34. The number of fused-ring (bicyclic) bond motifs is 5. The molecule has 0 atom stereocenters. The van der Waals surface area contributed by atoms with Crippen molar-refractivity contribution in [3.63, 3.8) is 0 Å². The topological polar surface area (TPSA) is 30.0 Å². The molecule has 182 valence electrons. The van der Waals surface area contributed by atoms with Crippen molar-refractivity contribution < 1.29 is 9.13 Å². The first kappa shape index (κ1) is 23.5. The molecule has 0 N–H and O–H groups in total. The lowest BCUT2D eigenvalue weighted by Gasteiger charge is -2.13. The zero-order chi connectivity index (χ0) is 25.8. The second kappa shape index (κ2) is 7.39. The van der Waals surface area contributed by atoms with Gasteiger partial charge in [0.15, 0.2) is 5.69 Å². The molecule has 35 heavy (non-hydrogen) atoms. The van der Waals surface area contributed by atoms with Crippen LogP contribution in [0.5, 0.6) is 0 Å². The zero-order valence-electron chi connectivity index (χ0n) is 23.7. The minimum absolute atomic E-state index is 0.983. The second-order valence-corrected chi connectivity index (χ2v) is 10.7. The maximum absolute atomic E-state index is 5.40. The van der Waals surface area contributed by atoms with E-state index < -0.39 is 0 Å². The van der Waals surface area contributed by atoms with Gasteiger partial charge in [0.05, 0.1) is 16.6 Å². The Kier molecular flexibility index (Phi) is 4.97. The number of rotatable bonds is 1. The van der Waals surface area contributed by atoms with Crippen LogP contribution in [-0.2, 0) is 14.1 Å². The molecule has 0 amide bonds. The van der Waals surface area contributed by atoms with Gasteiger partial charge in [-0.15, -0.1) is 4.57 Å². The van der Waals surface area contributed by atoms with Crippen molar-refractivity contribution in [1.29, 1.82) is 0 Å². The fourth-order valence-corrected chi connectivity index (χ4v) is 5.99. The minimum Gasteiger partial charge on any atom is -0.293 e. The molecule has 1 aromatic carbocycles. The van der Waals surface area contributed by atoms with Crippen LogP contribution in [-0.4, -0.2) is 14.0 Å². The SMILES string of the molecule is Cc1c(C)c(C)[n+](C)c(-[n+]2c3c(c(C)c(C)c(C)n3C)n3c4c(C)c(C)c(C)c(C)c4nc32)c1C. The first-order chi connectivity index (χ1) is 16.3. The van der Waals surface area contributed by atoms with Crippen LogP contribution >= 0.6 is 0 Å². The smallest absolute Gasteiger partial charge is 0.293 e. The van der Waals surface area contributed by atoms with E-state index >= 15 is 0 Å². The van der Waals surface area contributed by atoms with Crippen LogP contribution in [0.25, 0.3) is 33.8 Å². The molecule has 4 heterocycles. The van der Waals surface area contributed by atoms with E-state index in [1.807, 2.05) is 0 Å². The first-order valence-corrected chi connectivity index (χ1v) is 12.6. The Labute approximate surface area is 208 Å². The van der Waals surface area contributed by atoms with Crippen molar-refractivity contribution in [2.75, 3.05) is 0 Å². The third kappa shape index (κ3) is 2.72. The standard InChI is InChI=1S/C30H39N5/c1-14-15(2)20(7)26-25(19(14)6)31-30-34(26)27-21(8)18(5)24(11)33(13)29(27)35(30)28-22(9)16(3)17(4)23(10)32(28)12/h1-13H3/q+2. The Bertz CT molecular complexity index is 1730. The van der Waals surface area contributed by atoms with Crippen LogP contribution in [0.2, 0.25) is 0 Å². The summed E-state index contributed by atoms with van der Waals surface area (Å²) in [6.07, 6.45) is 0. The molecule has 0 unspecified atom stereocenters. The molecule has 0 aliphatic carbocycles. The number of hydrogen-bond acceptors (Lipinski definition) is 1. The summed E-state index contributed by atoms with van der Waals surface area (Å²) in [5, 5.41) is 0. The van der Waals surface area contributed by atoms with Gasteiger partial charge in [0.2, 0.25) is 0 Å². The van der Waals surface area contributed by atoms with Crippen LogP contribution in [0.4, 0.5) is 0 Å². The Morgan fingerprint density at radius 1 is 0.600 bits per heavy atom. The predicted molar refractivity (Wildman–Crippen MR) is 144 cm³/mol. The van der Waals surface area contributed by atoms with Crippen molar-refractivity contribution in [3.8, 4) is 5.82 Å². The highest BCUT2D eigenvalue weighted by Gasteiger charge is 2.39. The fraction of sp³-hybridized carbons (Fsp3) is 0.433. The predicted octanol–water partition coefficient (Wildman–Crippen LogP) is 5.47. The van der Waals surface area contributed by atoms with Gasteiger partial charge in [0, 0.05) is 25.2 Å². The van der Waals surface area contributed by atoms with E-state index in [9.17, 15) is 0 Å². The Morgan fingerprint density at radius 3 is 1.77 bits per heavy atom. The van der Waals surface area contributed by atoms with Crippen molar-refractivity contribution in [2.24, 2.45) is 14.1 Å². The molecule has 4 aromatic heterocycles. The van der Waals surface area contributed by atoms with Gasteiger partial charge in [0.25, 0.3) is 0 Å². The number of pyridine rings is 2. The van der Waals surface area contributed by atoms with Crippen LogP contribution in [0, 0.1) is 76.2 Å². The fourth-order valence-electron chi connectivity index (χ4n) is 5.99. The summed E-state index contributed by atoms with van der Waals surface area (Å²) in [7, 11) is 4.38. The molecular formula is C30H39N5+2. The molecule has 5 rings (SSSR count). The lowest BCUT2D eigenvalue weighted by Crippen LogP contribution is -2.51. The highest BCUT2D eigenvalue weighted by atomic mass is 15.3. The van der Waals surface area contributed by atoms with Gasteiger partial charge in [-0.05, 0) is 113 Å². The summed E-state index contributed by atoms with van der Waals surface area (Å²) in [4.78, 5) is 5.40. The summed E-state index contributed by atoms with van der Waals surface area (Å²) in [5.74, 6) is 2.17. The second-order valence-electron chi connectivity index (χ2n) is 10.7. The van der Waals surface area contributed by atoms with Gasteiger partial charge in [-0.2, -0.15) is 4.98 Å². The summed E-state index contributed by atoms with van der Waals surface area (Å²) < 4.78 is 9.54.